The number of nitrogens with one attached hydrogen (secondary N) is 2. The predicted octanol–water partition coefficient (Wildman–Crippen LogP) is 1.85. The van der Waals surface area contributed by atoms with Gasteiger partial charge >= 0.3 is 0 Å². The molecular weight excluding hydrogens is 266 g/mol. The minimum absolute atomic E-state index is 0.126. The van der Waals surface area contributed by atoms with Crippen molar-refractivity contribution in [1.82, 2.24) is 10.6 Å². The van der Waals surface area contributed by atoms with E-state index in [1.807, 2.05) is 6.92 Å². The number of carbonyl (C=O) groups is 1. The van der Waals surface area contributed by atoms with Gasteiger partial charge in [0.05, 0.1) is 12.7 Å². The Kier molecular flexibility index (Phi) is 5.07. The summed E-state index contributed by atoms with van der Waals surface area (Å²) in [5, 5.41) is 6.55. The molecule has 21 heavy (non-hydrogen) atoms. The number of benzene rings is 1. The van der Waals surface area contributed by atoms with E-state index in [1.165, 1.54) is 0 Å². The average Bonchev–Trinajstić information content (AvgIpc) is 3.00. The maximum absolute atomic E-state index is 12.5. The summed E-state index contributed by atoms with van der Waals surface area (Å²) in [6.07, 6.45) is 3.16. The van der Waals surface area contributed by atoms with Crippen molar-refractivity contribution in [1.29, 1.82) is 0 Å². The van der Waals surface area contributed by atoms with Crippen LogP contribution in [0.4, 0.5) is 5.69 Å². The summed E-state index contributed by atoms with van der Waals surface area (Å²) in [6.45, 7) is 5.01. The molecule has 1 saturated heterocycles. The summed E-state index contributed by atoms with van der Waals surface area (Å²) >= 11 is 0. The second-order valence-electron chi connectivity index (χ2n) is 5.60. The van der Waals surface area contributed by atoms with Crippen LogP contribution < -0.4 is 21.1 Å². The molecule has 1 aromatic rings. The SMILES string of the molecule is CCC(NC(=O)c1cc(N)c(C)cc1OC)C1CCCN1. The molecule has 1 aromatic carbocycles. The molecule has 0 aliphatic carbocycles. The lowest BCUT2D eigenvalue weighted by Crippen LogP contribution is -2.47. The molecule has 0 aromatic heterocycles. The Morgan fingerprint density at radius 2 is 2.33 bits per heavy atom. The highest BCUT2D eigenvalue weighted by molar-refractivity contribution is 5.98. The van der Waals surface area contributed by atoms with E-state index in [2.05, 4.69) is 17.6 Å². The van der Waals surface area contributed by atoms with E-state index in [1.54, 1.807) is 19.2 Å². The van der Waals surface area contributed by atoms with Crippen LogP contribution in [-0.2, 0) is 0 Å². The summed E-state index contributed by atoms with van der Waals surface area (Å²) in [5.74, 6) is 0.438. The van der Waals surface area contributed by atoms with Crippen LogP contribution in [0.2, 0.25) is 0 Å². The van der Waals surface area contributed by atoms with Crippen LogP contribution in [0.5, 0.6) is 5.75 Å². The fraction of sp³-hybridized carbons (Fsp3) is 0.562. The molecule has 1 aliphatic rings. The van der Waals surface area contributed by atoms with Crippen molar-refractivity contribution in [3.63, 3.8) is 0 Å². The van der Waals surface area contributed by atoms with Crippen LogP contribution in [0.25, 0.3) is 0 Å². The molecule has 116 valence electrons. The molecule has 2 rings (SSSR count). The fourth-order valence-electron chi connectivity index (χ4n) is 2.83. The maximum atomic E-state index is 12.5. The lowest BCUT2D eigenvalue weighted by atomic mass is 10.0. The fourth-order valence-corrected chi connectivity index (χ4v) is 2.83. The maximum Gasteiger partial charge on any atom is 0.255 e. The zero-order valence-corrected chi connectivity index (χ0v) is 13.0. The molecule has 2 unspecified atom stereocenters. The van der Waals surface area contributed by atoms with Crippen LogP contribution in [0, 0.1) is 6.92 Å². The summed E-state index contributed by atoms with van der Waals surface area (Å²) in [6, 6.07) is 3.98. The number of nitrogen functional groups attached to an aromatic ring is 1. The first-order valence-electron chi connectivity index (χ1n) is 7.55. The first kappa shape index (κ1) is 15.6. The summed E-state index contributed by atoms with van der Waals surface area (Å²) in [4.78, 5) is 12.5. The lowest BCUT2D eigenvalue weighted by molar-refractivity contribution is 0.0924. The normalized spacial score (nSPS) is 19.3. The van der Waals surface area contributed by atoms with Gasteiger partial charge in [-0.1, -0.05) is 6.92 Å². The largest absolute Gasteiger partial charge is 0.496 e. The number of methoxy groups -OCH3 is 1. The molecule has 0 bridgehead atoms. The van der Waals surface area contributed by atoms with Gasteiger partial charge in [0.25, 0.3) is 5.91 Å². The molecular formula is C16H25N3O2. The van der Waals surface area contributed by atoms with Crippen LogP contribution >= 0.6 is 0 Å². The van der Waals surface area contributed by atoms with Gasteiger partial charge in [-0.25, -0.2) is 0 Å². The van der Waals surface area contributed by atoms with Gasteiger partial charge < -0.3 is 21.1 Å². The molecule has 4 N–H and O–H groups in total. The van der Waals surface area contributed by atoms with E-state index in [-0.39, 0.29) is 11.9 Å². The third-order valence-corrected chi connectivity index (χ3v) is 4.17. The van der Waals surface area contributed by atoms with Crippen LogP contribution in [0.3, 0.4) is 0 Å². The Balaban J connectivity index is 2.17. The first-order valence-corrected chi connectivity index (χ1v) is 7.55. The minimum Gasteiger partial charge on any atom is -0.496 e. The number of anilines is 1. The van der Waals surface area contributed by atoms with Crippen molar-refractivity contribution < 1.29 is 9.53 Å². The molecule has 0 spiro atoms. The number of aryl methyl sites for hydroxylation is 1. The highest BCUT2D eigenvalue weighted by Gasteiger charge is 2.26. The second-order valence-corrected chi connectivity index (χ2v) is 5.60. The Morgan fingerprint density at radius 1 is 1.57 bits per heavy atom. The first-order chi connectivity index (χ1) is 10.1. The third-order valence-electron chi connectivity index (χ3n) is 4.17. The number of amides is 1. The smallest absolute Gasteiger partial charge is 0.255 e. The molecule has 0 saturated carbocycles. The topological polar surface area (TPSA) is 76.4 Å². The molecule has 1 aliphatic heterocycles. The number of hydrogen-bond acceptors (Lipinski definition) is 4. The van der Waals surface area contributed by atoms with Gasteiger partial charge in [-0.3, -0.25) is 4.79 Å². The average molecular weight is 291 g/mol. The van der Waals surface area contributed by atoms with Crippen molar-refractivity contribution in [2.75, 3.05) is 19.4 Å². The highest BCUT2D eigenvalue weighted by atomic mass is 16.5. The van der Waals surface area contributed by atoms with Gasteiger partial charge in [-0.05, 0) is 50.4 Å². The number of ether oxygens (including phenoxy) is 1. The number of hydrogen-bond donors (Lipinski definition) is 3. The van der Waals surface area contributed by atoms with Gasteiger partial charge in [0, 0.05) is 17.8 Å². The third kappa shape index (κ3) is 3.47. The van der Waals surface area contributed by atoms with E-state index in [4.69, 9.17) is 10.5 Å². The number of carbonyl (C=O) groups excluding carboxylic acids is 1. The van der Waals surface area contributed by atoms with E-state index in [9.17, 15) is 4.79 Å². The zero-order valence-electron chi connectivity index (χ0n) is 13.0. The van der Waals surface area contributed by atoms with Gasteiger partial charge in [0.15, 0.2) is 0 Å². The Bertz CT molecular complexity index is 510. The quantitative estimate of drug-likeness (QED) is 0.724. The molecule has 5 heteroatoms. The number of nitrogens with two attached hydrogens (primary N) is 1. The van der Waals surface area contributed by atoms with E-state index in [0.717, 1.165) is 31.4 Å². The Labute approximate surface area is 126 Å². The lowest BCUT2D eigenvalue weighted by Gasteiger charge is -2.24. The second kappa shape index (κ2) is 6.80. The number of rotatable bonds is 5. The summed E-state index contributed by atoms with van der Waals surface area (Å²) in [7, 11) is 1.57. The minimum atomic E-state index is -0.126. The Hall–Kier alpha value is -1.75. The van der Waals surface area contributed by atoms with Gasteiger partial charge in [0.1, 0.15) is 5.75 Å². The molecule has 2 atom stereocenters. The van der Waals surface area contributed by atoms with Crippen LogP contribution in [-0.4, -0.2) is 31.6 Å². The van der Waals surface area contributed by atoms with Crippen molar-refractivity contribution in [2.24, 2.45) is 0 Å². The zero-order chi connectivity index (χ0) is 15.4. The molecule has 5 nitrogen and oxygen atoms in total. The molecule has 0 radical (unpaired) electrons. The van der Waals surface area contributed by atoms with E-state index in [0.29, 0.717) is 23.0 Å². The van der Waals surface area contributed by atoms with Crippen molar-refractivity contribution >= 4 is 11.6 Å². The monoisotopic (exact) mass is 291 g/mol. The standard InChI is InChI=1S/C16H25N3O2/c1-4-13(14-6-5-7-18-14)19-16(20)11-9-12(17)10(2)8-15(11)21-3/h8-9,13-14,18H,4-7,17H2,1-3H3,(H,19,20). The summed E-state index contributed by atoms with van der Waals surface area (Å²) in [5.41, 5.74) is 7.93. The van der Waals surface area contributed by atoms with Crippen molar-refractivity contribution in [3.05, 3.63) is 23.3 Å². The van der Waals surface area contributed by atoms with Crippen LogP contribution in [0.1, 0.15) is 42.1 Å². The summed E-state index contributed by atoms with van der Waals surface area (Å²) < 4.78 is 5.31. The molecule has 1 fully saturated rings. The Morgan fingerprint density at radius 3 is 2.90 bits per heavy atom. The van der Waals surface area contributed by atoms with Gasteiger partial charge in [0.2, 0.25) is 0 Å². The van der Waals surface area contributed by atoms with Gasteiger partial charge in [-0.15, -0.1) is 0 Å². The highest BCUT2D eigenvalue weighted by Crippen LogP contribution is 2.25. The predicted molar refractivity (Wildman–Crippen MR) is 84.7 cm³/mol. The van der Waals surface area contributed by atoms with Crippen LogP contribution in [0.15, 0.2) is 12.1 Å². The van der Waals surface area contributed by atoms with Crippen molar-refractivity contribution in [2.45, 2.75) is 45.2 Å². The van der Waals surface area contributed by atoms with Gasteiger partial charge in [-0.2, -0.15) is 0 Å². The molecule has 1 amide bonds. The molecule has 1 heterocycles. The van der Waals surface area contributed by atoms with E-state index < -0.39 is 0 Å². The van der Waals surface area contributed by atoms with E-state index >= 15 is 0 Å². The van der Waals surface area contributed by atoms with Crippen molar-refractivity contribution in [3.8, 4) is 5.75 Å².